The molecule has 2 unspecified atom stereocenters. The van der Waals surface area contributed by atoms with Gasteiger partial charge in [-0.15, -0.1) is 11.3 Å². The standard InChI is InChI=1S/C22H27F3N2O6S/c1-4-32-19(29)11-27(10-18(28)17-13-34-21(26-17)22(23,24)25)9-14(2)15-5-7-16(8-6-15)33-12-20(30)31-3/h5-8,13-14,18,28H,4,9-12H2,1-3H3. The van der Waals surface area contributed by atoms with Gasteiger partial charge in [-0.2, -0.15) is 13.2 Å². The molecule has 0 aliphatic carbocycles. The smallest absolute Gasteiger partial charge is 0.443 e. The van der Waals surface area contributed by atoms with Gasteiger partial charge in [0.15, 0.2) is 11.6 Å². The summed E-state index contributed by atoms with van der Waals surface area (Å²) in [4.78, 5) is 28.3. The van der Waals surface area contributed by atoms with E-state index in [1.165, 1.54) is 7.11 Å². The minimum atomic E-state index is -4.59. The van der Waals surface area contributed by atoms with Gasteiger partial charge < -0.3 is 19.3 Å². The second-order valence-corrected chi connectivity index (χ2v) is 8.28. The molecule has 0 amide bonds. The van der Waals surface area contributed by atoms with Gasteiger partial charge in [-0.25, -0.2) is 9.78 Å². The minimum Gasteiger partial charge on any atom is -0.482 e. The topological polar surface area (TPSA) is 98.2 Å². The third kappa shape index (κ3) is 8.58. The van der Waals surface area contributed by atoms with Crippen LogP contribution in [0.5, 0.6) is 5.75 Å². The largest absolute Gasteiger partial charge is 0.482 e. The van der Waals surface area contributed by atoms with E-state index in [-0.39, 0.29) is 37.9 Å². The van der Waals surface area contributed by atoms with Gasteiger partial charge in [0.05, 0.1) is 26.0 Å². The molecule has 34 heavy (non-hydrogen) atoms. The number of carbonyl (C=O) groups is 2. The van der Waals surface area contributed by atoms with Crippen LogP contribution in [-0.4, -0.2) is 66.9 Å². The maximum Gasteiger partial charge on any atom is 0.443 e. The van der Waals surface area contributed by atoms with Crippen LogP contribution in [-0.2, 0) is 25.2 Å². The Morgan fingerprint density at radius 1 is 1.18 bits per heavy atom. The van der Waals surface area contributed by atoms with Crippen molar-refractivity contribution >= 4 is 23.3 Å². The van der Waals surface area contributed by atoms with E-state index in [2.05, 4.69) is 9.72 Å². The van der Waals surface area contributed by atoms with Crippen molar-refractivity contribution in [1.82, 2.24) is 9.88 Å². The lowest BCUT2D eigenvalue weighted by Crippen LogP contribution is -2.37. The van der Waals surface area contributed by atoms with E-state index in [9.17, 15) is 27.9 Å². The Hall–Kier alpha value is -2.70. The van der Waals surface area contributed by atoms with Crippen LogP contribution in [0.2, 0.25) is 0 Å². The highest BCUT2D eigenvalue weighted by Crippen LogP contribution is 2.33. The van der Waals surface area contributed by atoms with Crippen LogP contribution in [0, 0.1) is 0 Å². The minimum absolute atomic E-state index is 0.106. The Labute approximate surface area is 199 Å². The van der Waals surface area contributed by atoms with Crippen molar-refractivity contribution in [3.8, 4) is 5.75 Å². The van der Waals surface area contributed by atoms with Crippen molar-refractivity contribution in [2.24, 2.45) is 0 Å². The molecule has 2 aromatic rings. The van der Waals surface area contributed by atoms with Gasteiger partial charge in [-0.3, -0.25) is 9.69 Å². The first kappa shape index (κ1) is 27.5. The first-order valence-corrected chi connectivity index (χ1v) is 11.3. The Morgan fingerprint density at radius 2 is 1.85 bits per heavy atom. The number of aliphatic hydroxyl groups excluding tert-OH is 1. The van der Waals surface area contributed by atoms with Gasteiger partial charge in [-0.1, -0.05) is 19.1 Å². The molecule has 8 nitrogen and oxygen atoms in total. The number of thiazole rings is 1. The zero-order valence-electron chi connectivity index (χ0n) is 19.0. The monoisotopic (exact) mass is 504 g/mol. The van der Waals surface area contributed by atoms with Crippen LogP contribution < -0.4 is 4.74 Å². The predicted octanol–water partition coefficient (Wildman–Crippen LogP) is 3.42. The number of carbonyl (C=O) groups excluding carboxylic acids is 2. The van der Waals surface area contributed by atoms with E-state index in [4.69, 9.17) is 9.47 Å². The van der Waals surface area contributed by atoms with Crippen molar-refractivity contribution in [2.75, 3.05) is 40.0 Å². The fourth-order valence-electron chi connectivity index (χ4n) is 3.09. The summed E-state index contributed by atoms with van der Waals surface area (Å²) >= 11 is 0.406. The summed E-state index contributed by atoms with van der Waals surface area (Å²) < 4.78 is 53.3. The first-order valence-electron chi connectivity index (χ1n) is 10.4. The molecule has 2 atom stereocenters. The van der Waals surface area contributed by atoms with E-state index >= 15 is 0 Å². The number of methoxy groups -OCH3 is 1. The normalized spacial score (nSPS) is 13.4. The number of rotatable bonds is 12. The van der Waals surface area contributed by atoms with Crippen LogP contribution in [0.25, 0.3) is 0 Å². The maximum atomic E-state index is 12.8. The SMILES string of the molecule is CCOC(=O)CN(CC(C)c1ccc(OCC(=O)OC)cc1)CC(O)c1csc(C(F)(F)F)n1. The number of ether oxygens (including phenoxy) is 3. The summed E-state index contributed by atoms with van der Waals surface area (Å²) in [5.41, 5.74) is 0.785. The van der Waals surface area contributed by atoms with Gasteiger partial charge in [0.2, 0.25) is 0 Å². The van der Waals surface area contributed by atoms with E-state index in [1.54, 1.807) is 36.1 Å². The fourth-order valence-corrected chi connectivity index (χ4v) is 3.82. The molecule has 188 valence electrons. The maximum absolute atomic E-state index is 12.8. The van der Waals surface area contributed by atoms with Crippen molar-refractivity contribution < 1.29 is 42.1 Å². The first-order chi connectivity index (χ1) is 16.0. The van der Waals surface area contributed by atoms with Gasteiger partial charge in [0.25, 0.3) is 0 Å². The highest BCUT2D eigenvalue weighted by atomic mass is 32.1. The number of aliphatic hydroxyl groups is 1. The predicted molar refractivity (Wildman–Crippen MR) is 118 cm³/mol. The molecule has 1 N–H and O–H groups in total. The molecule has 0 aliphatic rings. The average molecular weight is 505 g/mol. The molecule has 0 spiro atoms. The second kappa shape index (κ2) is 12.7. The zero-order chi connectivity index (χ0) is 25.3. The van der Waals surface area contributed by atoms with Crippen LogP contribution in [0.15, 0.2) is 29.6 Å². The van der Waals surface area contributed by atoms with Crippen LogP contribution in [0.4, 0.5) is 13.2 Å². The van der Waals surface area contributed by atoms with Gasteiger partial charge >= 0.3 is 18.1 Å². The van der Waals surface area contributed by atoms with Crippen LogP contribution >= 0.6 is 11.3 Å². The van der Waals surface area contributed by atoms with Gasteiger partial charge in [0.1, 0.15) is 11.9 Å². The molecule has 12 heteroatoms. The molecule has 1 aromatic heterocycles. The number of alkyl halides is 3. The lowest BCUT2D eigenvalue weighted by molar-refractivity contribution is -0.145. The summed E-state index contributed by atoms with van der Waals surface area (Å²) in [6, 6.07) is 6.97. The second-order valence-electron chi connectivity index (χ2n) is 7.43. The van der Waals surface area contributed by atoms with Crippen LogP contribution in [0.3, 0.4) is 0 Å². The van der Waals surface area contributed by atoms with Crippen molar-refractivity contribution in [2.45, 2.75) is 32.0 Å². The zero-order valence-corrected chi connectivity index (χ0v) is 19.8. The third-order valence-electron chi connectivity index (χ3n) is 4.76. The molecule has 1 aromatic carbocycles. The number of aromatic nitrogens is 1. The number of benzene rings is 1. The van der Waals surface area contributed by atoms with E-state index in [0.29, 0.717) is 23.6 Å². The molecular weight excluding hydrogens is 477 g/mol. The fraction of sp³-hybridized carbons (Fsp3) is 0.500. The highest BCUT2D eigenvalue weighted by molar-refractivity contribution is 7.09. The number of esters is 2. The Balaban J connectivity index is 2.07. The molecule has 1 heterocycles. The lowest BCUT2D eigenvalue weighted by Gasteiger charge is -2.27. The molecule has 0 radical (unpaired) electrons. The van der Waals surface area contributed by atoms with Gasteiger partial charge in [-0.05, 0) is 30.5 Å². The summed E-state index contributed by atoms with van der Waals surface area (Å²) in [6.07, 6.45) is -5.91. The molecule has 0 saturated carbocycles. The number of hydrogen-bond acceptors (Lipinski definition) is 9. The van der Waals surface area contributed by atoms with Crippen molar-refractivity contribution in [3.05, 3.63) is 45.9 Å². The molecule has 0 fully saturated rings. The lowest BCUT2D eigenvalue weighted by atomic mass is 10.00. The van der Waals surface area contributed by atoms with E-state index in [1.807, 2.05) is 6.92 Å². The van der Waals surface area contributed by atoms with Gasteiger partial charge in [0, 0.05) is 18.5 Å². The van der Waals surface area contributed by atoms with Crippen molar-refractivity contribution in [1.29, 1.82) is 0 Å². The summed E-state index contributed by atoms with van der Waals surface area (Å²) in [5, 5.41) is 10.6. The summed E-state index contributed by atoms with van der Waals surface area (Å²) in [7, 11) is 1.26. The highest BCUT2D eigenvalue weighted by Gasteiger charge is 2.35. The molecule has 0 aliphatic heterocycles. The van der Waals surface area contributed by atoms with E-state index < -0.39 is 29.2 Å². The van der Waals surface area contributed by atoms with E-state index in [0.717, 1.165) is 10.9 Å². The number of hydrogen-bond donors (Lipinski definition) is 1. The van der Waals surface area contributed by atoms with Crippen LogP contribution in [0.1, 0.15) is 42.1 Å². The summed E-state index contributed by atoms with van der Waals surface area (Å²) in [5.74, 6) is -0.655. The number of halogens is 3. The molecular formula is C22H27F3N2O6S. The quantitative estimate of drug-likeness (QED) is 0.439. The third-order valence-corrected chi connectivity index (χ3v) is 5.67. The summed E-state index contributed by atoms with van der Waals surface area (Å²) in [6.45, 7) is 3.59. The Bertz CT molecular complexity index is 935. The number of nitrogens with zero attached hydrogens (tertiary/aromatic N) is 2. The Kier molecular flexibility index (Phi) is 10.3. The molecule has 2 rings (SSSR count). The van der Waals surface area contributed by atoms with Crippen molar-refractivity contribution in [3.63, 3.8) is 0 Å². The average Bonchev–Trinajstić information content (AvgIpc) is 3.29. The Morgan fingerprint density at radius 3 is 2.41 bits per heavy atom. The molecule has 0 bridgehead atoms. The molecule has 0 saturated heterocycles.